The first-order valence-corrected chi connectivity index (χ1v) is 11.6. The number of carboxylic acid groups (broad SMARTS) is 2. The smallest absolute Gasteiger partial charge is 0.303 e. The Balaban J connectivity index is 0.000000890. The van der Waals surface area contributed by atoms with Crippen LogP contribution < -0.4 is 0 Å². The number of carbonyl (C=O) groups is 2. The Kier molecular flexibility index (Phi) is 16.8. The summed E-state index contributed by atoms with van der Waals surface area (Å²) in [5.41, 5.74) is 1.46. The van der Waals surface area contributed by atoms with Crippen LogP contribution in [-0.2, 0) is 16.1 Å². The fourth-order valence-electron chi connectivity index (χ4n) is 3.40. The van der Waals surface area contributed by atoms with E-state index >= 15 is 0 Å². The Morgan fingerprint density at radius 1 is 0.733 bits per heavy atom. The zero-order chi connectivity index (χ0) is 22.7. The molecule has 0 heterocycles. The normalized spacial score (nSPS) is 10.9. The molecule has 0 unspecified atom stereocenters. The molecule has 5 heteroatoms. The molecule has 1 aromatic rings. The molecule has 0 spiro atoms. The van der Waals surface area contributed by atoms with Crippen LogP contribution in [0.15, 0.2) is 30.3 Å². The lowest BCUT2D eigenvalue weighted by molar-refractivity contribution is -0.903. The molecule has 0 saturated carbocycles. The van der Waals surface area contributed by atoms with E-state index in [-0.39, 0.29) is 12.8 Å². The number of aliphatic carboxylic acids is 2. The Morgan fingerprint density at radius 3 is 1.60 bits per heavy atom. The molecule has 2 N–H and O–H groups in total. The van der Waals surface area contributed by atoms with Crippen molar-refractivity contribution in [3.63, 3.8) is 0 Å². The van der Waals surface area contributed by atoms with Gasteiger partial charge < -0.3 is 14.7 Å². The number of benzene rings is 1. The lowest BCUT2D eigenvalue weighted by atomic mass is 10.1. The molecule has 0 aliphatic heterocycles. The third-order valence-corrected chi connectivity index (χ3v) is 5.12. The second kappa shape index (κ2) is 17.9. The SMILES string of the molecule is CCCCCCCCCCCC[N+](C)(C)Cc1ccccc1.O=C(O)CCC(=O)O. The summed E-state index contributed by atoms with van der Waals surface area (Å²) in [7, 11) is 4.72. The summed E-state index contributed by atoms with van der Waals surface area (Å²) in [6.07, 6.45) is 13.6. The predicted octanol–water partition coefficient (Wildman–Crippen LogP) is 6.12. The lowest BCUT2D eigenvalue weighted by Gasteiger charge is -2.30. The monoisotopic (exact) mass is 422 g/mol. The first-order valence-electron chi connectivity index (χ1n) is 11.6. The largest absolute Gasteiger partial charge is 0.481 e. The maximum Gasteiger partial charge on any atom is 0.303 e. The average Bonchev–Trinajstić information content (AvgIpc) is 2.69. The standard InChI is InChI=1S/C21H38N.C4H6O4/c1-4-5-6-7-8-9-10-11-12-16-19-22(2,3)20-21-17-14-13-15-18-21;5-3(6)1-2-4(7)8/h13-15,17-18H,4-12,16,19-20H2,1-3H3;1-2H2,(H,5,6)(H,7,8)/q+1;. The van der Waals surface area contributed by atoms with Crippen molar-refractivity contribution >= 4 is 11.9 Å². The molecule has 0 bridgehead atoms. The molecule has 0 atom stereocenters. The molecule has 0 amide bonds. The second-order valence-electron chi connectivity index (χ2n) is 8.77. The molecule has 0 saturated heterocycles. The Morgan fingerprint density at radius 2 is 1.17 bits per heavy atom. The van der Waals surface area contributed by atoms with Crippen molar-refractivity contribution in [1.82, 2.24) is 0 Å². The van der Waals surface area contributed by atoms with Crippen molar-refractivity contribution in [3.05, 3.63) is 35.9 Å². The number of hydrogen-bond donors (Lipinski definition) is 2. The van der Waals surface area contributed by atoms with Crippen molar-refractivity contribution in [3.8, 4) is 0 Å². The number of hydrogen-bond acceptors (Lipinski definition) is 2. The van der Waals surface area contributed by atoms with Crippen LogP contribution in [0.1, 0.15) is 89.5 Å². The molecule has 1 rings (SSSR count). The Bertz CT molecular complexity index is 544. The first-order chi connectivity index (χ1) is 14.3. The minimum atomic E-state index is -1.08. The number of nitrogens with zero attached hydrogens (tertiary/aromatic N) is 1. The van der Waals surface area contributed by atoms with Gasteiger partial charge in [-0.3, -0.25) is 9.59 Å². The molecule has 0 radical (unpaired) electrons. The van der Waals surface area contributed by atoms with Crippen molar-refractivity contribution in [2.45, 2.75) is 90.5 Å². The van der Waals surface area contributed by atoms with E-state index in [0.717, 1.165) is 11.0 Å². The summed E-state index contributed by atoms with van der Waals surface area (Å²) in [6, 6.07) is 10.9. The lowest BCUT2D eigenvalue weighted by Crippen LogP contribution is -2.39. The summed E-state index contributed by atoms with van der Waals surface area (Å²) in [6.45, 7) is 4.74. The van der Waals surface area contributed by atoms with E-state index in [0.29, 0.717) is 0 Å². The highest BCUT2D eigenvalue weighted by Crippen LogP contribution is 2.14. The summed E-state index contributed by atoms with van der Waals surface area (Å²) in [5.74, 6) is -2.15. The van der Waals surface area contributed by atoms with Gasteiger partial charge in [-0.25, -0.2) is 0 Å². The van der Waals surface area contributed by atoms with Crippen molar-refractivity contribution in [2.75, 3.05) is 20.6 Å². The van der Waals surface area contributed by atoms with Gasteiger partial charge in [0.1, 0.15) is 6.54 Å². The molecule has 5 nitrogen and oxygen atoms in total. The van der Waals surface area contributed by atoms with Gasteiger partial charge in [0.2, 0.25) is 0 Å². The molecular formula is C25H44NO4+. The van der Waals surface area contributed by atoms with Crippen molar-refractivity contribution in [1.29, 1.82) is 0 Å². The molecule has 0 aromatic heterocycles. The minimum absolute atomic E-state index is 0.296. The van der Waals surface area contributed by atoms with Crippen LogP contribution in [0.5, 0.6) is 0 Å². The summed E-state index contributed by atoms with van der Waals surface area (Å²) in [4.78, 5) is 19.3. The van der Waals surface area contributed by atoms with Gasteiger partial charge in [0.15, 0.2) is 0 Å². The van der Waals surface area contributed by atoms with E-state index in [4.69, 9.17) is 10.2 Å². The van der Waals surface area contributed by atoms with Crippen LogP contribution >= 0.6 is 0 Å². The quantitative estimate of drug-likeness (QED) is 0.249. The van der Waals surface area contributed by atoms with E-state index < -0.39 is 11.9 Å². The van der Waals surface area contributed by atoms with Crippen LogP contribution in [0.2, 0.25) is 0 Å². The summed E-state index contributed by atoms with van der Waals surface area (Å²) >= 11 is 0. The zero-order valence-electron chi connectivity index (χ0n) is 19.4. The van der Waals surface area contributed by atoms with Gasteiger partial charge in [0.05, 0.1) is 33.5 Å². The van der Waals surface area contributed by atoms with Crippen molar-refractivity contribution in [2.24, 2.45) is 0 Å². The van der Waals surface area contributed by atoms with Gasteiger partial charge in [-0.2, -0.15) is 0 Å². The molecule has 0 fully saturated rings. The topological polar surface area (TPSA) is 74.6 Å². The predicted molar refractivity (Wildman–Crippen MR) is 123 cm³/mol. The van der Waals surface area contributed by atoms with Crippen LogP contribution in [-0.4, -0.2) is 47.3 Å². The molecule has 0 aliphatic carbocycles. The highest BCUT2D eigenvalue weighted by Gasteiger charge is 2.14. The van der Waals surface area contributed by atoms with E-state index in [1.54, 1.807) is 0 Å². The van der Waals surface area contributed by atoms with E-state index in [1.165, 1.54) is 76.3 Å². The van der Waals surface area contributed by atoms with Gasteiger partial charge in [-0.1, -0.05) is 88.6 Å². The van der Waals surface area contributed by atoms with Gasteiger partial charge in [0.25, 0.3) is 0 Å². The fraction of sp³-hybridized carbons (Fsp3) is 0.680. The maximum atomic E-state index is 9.64. The third kappa shape index (κ3) is 19.4. The first kappa shape index (κ1) is 28.1. The number of quaternary nitrogens is 1. The molecule has 172 valence electrons. The van der Waals surface area contributed by atoms with E-state index in [1.807, 2.05) is 0 Å². The molecule has 1 aromatic carbocycles. The van der Waals surface area contributed by atoms with E-state index in [2.05, 4.69) is 51.4 Å². The van der Waals surface area contributed by atoms with Crippen LogP contribution in [0, 0.1) is 0 Å². The van der Waals surface area contributed by atoms with Crippen LogP contribution in [0.25, 0.3) is 0 Å². The Labute approximate surface area is 183 Å². The van der Waals surface area contributed by atoms with Gasteiger partial charge >= 0.3 is 11.9 Å². The highest BCUT2D eigenvalue weighted by atomic mass is 16.4. The number of carboxylic acids is 2. The third-order valence-electron chi connectivity index (χ3n) is 5.12. The van der Waals surface area contributed by atoms with Gasteiger partial charge in [-0.15, -0.1) is 0 Å². The molecule has 0 aliphatic rings. The molecular weight excluding hydrogens is 378 g/mol. The highest BCUT2D eigenvalue weighted by molar-refractivity contribution is 5.75. The fourth-order valence-corrected chi connectivity index (χ4v) is 3.40. The van der Waals surface area contributed by atoms with Crippen LogP contribution in [0.3, 0.4) is 0 Å². The molecule has 30 heavy (non-hydrogen) atoms. The van der Waals surface area contributed by atoms with Crippen LogP contribution in [0.4, 0.5) is 0 Å². The number of rotatable bonds is 16. The second-order valence-corrected chi connectivity index (χ2v) is 8.77. The Hall–Kier alpha value is -1.88. The zero-order valence-corrected chi connectivity index (χ0v) is 19.4. The summed E-state index contributed by atoms with van der Waals surface area (Å²) in [5, 5.41) is 15.8. The summed E-state index contributed by atoms with van der Waals surface area (Å²) < 4.78 is 1.11. The maximum absolute atomic E-state index is 9.64. The van der Waals surface area contributed by atoms with Gasteiger partial charge in [0, 0.05) is 5.56 Å². The van der Waals surface area contributed by atoms with Gasteiger partial charge in [-0.05, 0) is 12.8 Å². The van der Waals surface area contributed by atoms with Crippen molar-refractivity contribution < 1.29 is 24.3 Å². The minimum Gasteiger partial charge on any atom is -0.481 e. The number of unbranched alkanes of at least 4 members (excludes halogenated alkanes) is 9. The average molecular weight is 423 g/mol. The van der Waals surface area contributed by atoms with E-state index in [9.17, 15) is 9.59 Å².